The largest absolute Gasteiger partial charge is 0.511 e. The van der Waals surface area contributed by atoms with Gasteiger partial charge in [-0.3, -0.25) is 0 Å². The molecule has 0 amide bonds. The number of benzene rings is 1. The maximum Gasteiger partial charge on any atom is 0.511 e. The van der Waals surface area contributed by atoms with Crippen molar-refractivity contribution in [1.82, 2.24) is 14.3 Å². The fourth-order valence-corrected chi connectivity index (χ4v) is 6.01. The molecule has 2 aromatic rings. The van der Waals surface area contributed by atoms with Gasteiger partial charge in [0, 0.05) is 24.8 Å². The van der Waals surface area contributed by atoms with E-state index in [1.54, 1.807) is 13.0 Å². The first kappa shape index (κ1) is 24.7. The Morgan fingerprint density at radius 1 is 1.12 bits per heavy atom. The van der Waals surface area contributed by atoms with E-state index in [2.05, 4.69) is 9.97 Å². The normalized spacial score (nSPS) is 20.4. The summed E-state index contributed by atoms with van der Waals surface area (Å²) in [6, 6.07) is 5.01. The number of aryl methyl sites for hydroxylation is 1. The molecule has 186 valence electrons. The first-order chi connectivity index (χ1) is 16.1. The van der Waals surface area contributed by atoms with Crippen LogP contribution in [0.15, 0.2) is 30.6 Å². The fourth-order valence-electron chi connectivity index (χ4n) is 5.05. The fraction of sp³-hybridized carbons (Fsp3) is 0.565. The summed E-state index contributed by atoms with van der Waals surface area (Å²) in [6.45, 7) is 1.44. The minimum absolute atomic E-state index is 0.242. The Labute approximate surface area is 198 Å². The van der Waals surface area contributed by atoms with Crippen LogP contribution in [0.25, 0.3) is 0 Å². The van der Waals surface area contributed by atoms with Gasteiger partial charge in [0.05, 0.1) is 24.6 Å². The van der Waals surface area contributed by atoms with Crippen molar-refractivity contribution in [3.63, 3.8) is 0 Å². The van der Waals surface area contributed by atoms with Gasteiger partial charge in [0.25, 0.3) is 0 Å². The molecule has 1 aromatic heterocycles. The molecule has 4 rings (SSSR count). The van der Waals surface area contributed by atoms with E-state index in [1.807, 2.05) is 17.0 Å². The molecule has 0 spiro atoms. The van der Waals surface area contributed by atoms with E-state index >= 15 is 0 Å². The molecular weight excluding hydrogens is 467 g/mol. The maximum atomic E-state index is 13.6. The number of rotatable bonds is 6. The zero-order valence-corrected chi connectivity index (χ0v) is 19.9. The van der Waals surface area contributed by atoms with Crippen LogP contribution in [-0.4, -0.2) is 40.8 Å². The van der Waals surface area contributed by atoms with Crippen molar-refractivity contribution < 1.29 is 21.6 Å². The van der Waals surface area contributed by atoms with Gasteiger partial charge in [-0.2, -0.15) is 17.5 Å². The highest BCUT2D eigenvalue weighted by atomic mass is 32.2. The van der Waals surface area contributed by atoms with Crippen molar-refractivity contribution in [2.45, 2.75) is 70.1 Å². The highest BCUT2D eigenvalue weighted by Crippen LogP contribution is 2.38. The molecule has 7 nitrogen and oxygen atoms in total. The number of nitrogens with zero attached hydrogens (tertiary/aromatic N) is 4. The van der Waals surface area contributed by atoms with Gasteiger partial charge >= 0.3 is 15.5 Å². The average Bonchev–Trinajstić information content (AvgIpc) is 3.24. The van der Waals surface area contributed by atoms with Gasteiger partial charge in [0.2, 0.25) is 0 Å². The highest BCUT2D eigenvalue weighted by Gasteiger charge is 2.51. The van der Waals surface area contributed by atoms with Gasteiger partial charge in [0.1, 0.15) is 5.82 Å². The molecule has 0 bridgehead atoms. The lowest BCUT2D eigenvalue weighted by Gasteiger charge is -2.34. The summed E-state index contributed by atoms with van der Waals surface area (Å²) in [5, 5.41) is 0. The summed E-state index contributed by atoms with van der Waals surface area (Å²) in [7, 11) is -5.50. The molecule has 1 saturated carbocycles. The van der Waals surface area contributed by atoms with E-state index in [0.29, 0.717) is 33.7 Å². The third-order valence-corrected chi connectivity index (χ3v) is 8.48. The predicted octanol–water partition coefficient (Wildman–Crippen LogP) is 4.38. The molecule has 1 aromatic carbocycles. The van der Waals surface area contributed by atoms with E-state index in [4.69, 9.17) is 5.73 Å². The minimum atomic E-state index is -5.50. The Balaban J connectivity index is 1.75. The molecular formula is C23H30F3N5O2S. The van der Waals surface area contributed by atoms with E-state index < -0.39 is 21.6 Å². The molecule has 11 heteroatoms. The molecule has 1 aliphatic heterocycles. The topological polar surface area (TPSA) is 92.4 Å². The maximum absolute atomic E-state index is 13.6. The third kappa shape index (κ3) is 5.14. The number of hydrogen-bond donors (Lipinski definition) is 1. The van der Waals surface area contributed by atoms with Crippen LogP contribution in [0.4, 0.5) is 24.5 Å². The van der Waals surface area contributed by atoms with Crippen LogP contribution >= 0.6 is 0 Å². The van der Waals surface area contributed by atoms with Gasteiger partial charge in [-0.25, -0.2) is 18.4 Å². The Bertz CT molecular complexity index is 1100. The van der Waals surface area contributed by atoms with Crippen molar-refractivity contribution in [3.8, 4) is 0 Å². The Kier molecular flexibility index (Phi) is 7.04. The number of anilines is 2. The number of alkyl halides is 3. The first-order valence-electron chi connectivity index (χ1n) is 11.5. The first-order valence-corrected chi connectivity index (χ1v) is 13.0. The van der Waals surface area contributed by atoms with Crippen LogP contribution in [-0.2, 0) is 23.1 Å². The molecule has 1 unspecified atom stereocenters. The van der Waals surface area contributed by atoms with Gasteiger partial charge in [-0.05, 0) is 42.9 Å². The van der Waals surface area contributed by atoms with Crippen LogP contribution in [0.5, 0.6) is 0 Å². The Hall–Kier alpha value is -2.40. The van der Waals surface area contributed by atoms with Crippen LogP contribution in [0, 0.1) is 12.8 Å². The van der Waals surface area contributed by atoms with Crippen LogP contribution in [0.3, 0.4) is 0 Å². The number of sulfonamides is 1. The van der Waals surface area contributed by atoms with Crippen molar-refractivity contribution in [3.05, 3.63) is 47.5 Å². The number of hydrogen-bond acceptors (Lipinski definition) is 6. The average molecular weight is 498 g/mol. The van der Waals surface area contributed by atoms with Gasteiger partial charge < -0.3 is 10.6 Å². The molecule has 0 saturated heterocycles. The molecule has 2 N–H and O–H groups in total. The van der Waals surface area contributed by atoms with E-state index in [9.17, 15) is 21.6 Å². The van der Waals surface area contributed by atoms with Gasteiger partial charge in [-0.1, -0.05) is 37.8 Å². The second-order valence-electron chi connectivity index (χ2n) is 9.26. The quantitative estimate of drug-likeness (QED) is 0.637. The second-order valence-corrected chi connectivity index (χ2v) is 11.2. The summed E-state index contributed by atoms with van der Waals surface area (Å²) in [5.74, 6) is 0.988. The lowest BCUT2D eigenvalue weighted by atomic mass is 9.97. The smallest absolute Gasteiger partial charge is 0.396 e. The van der Waals surface area contributed by atoms with Gasteiger partial charge in [-0.15, -0.1) is 0 Å². The zero-order valence-electron chi connectivity index (χ0n) is 19.1. The zero-order chi connectivity index (χ0) is 24.5. The number of halogens is 3. The molecule has 0 radical (unpaired) electrons. The molecule has 1 atom stereocenters. The van der Waals surface area contributed by atoms with E-state index in [1.165, 1.54) is 12.4 Å². The standard InChI is InChI=1S/C23H30F3N5O2S/c1-16-5-4-8-21-20(16)14-30(34(32,33)23(24,25)26)13-19(10-9-17-6-2-3-7-17)31(21)15-22-28-11-18(27)12-29-22/h4-5,8,11-12,17,19H,2-3,6-7,9-10,13-15,27H2,1H3. The summed E-state index contributed by atoms with van der Waals surface area (Å²) in [6.07, 6.45) is 8.93. The number of fused-ring (bicyclic) bond motifs is 1. The summed E-state index contributed by atoms with van der Waals surface area (Å²) >= 11 is 0. The Morgan fingerprint density at radius 3 is 2.44 bits per heavy atom. The minimum Gasteiger partial charge on any atom is -0.396 e. The number of nitrogens with two attached hydrogens (primary N) is 1. The predicted molar refractivity (Wildman–Crippen MR) is 124 cm³/mol. The van der Waals surface area contributed by atoms with E-state index in [-0.39, 0.29) is 19.6 Å². The summed E-state index contributed by atoms with van der Waals surface area (Å²) in [4.78, 5) is 10.6. The lowest BCUT2D eigenvalue weighted by molar-refractivity contribution is -0.0492. The van der Waals surface area contributed by atoms with Crippen LogP contribution in [0.2, 0.25) is 0 Å². The summed E-state index contributed by atoms with van der Waals surface area (Å²) < 4.78 is 66.4. The highest BCUT2D eigenvalue weighted by molar-refractivity contribution is 7.89. The number of aromatic nitrogens is 2. The molecule has 34 heavy (non-hydrogen) atoms. The molecule has 2 aliphatic rings. The van der Waals surface area contributed by atoms with Crippen molar-refractivity contribution in [2.24, 2.45) is 5.92 Å². The molecule has 1 fully saturated rings. The van der Waals surface area contributed by atoms with Gasteiger partial charge in [0.15, 0.2) is 0 Å². The van der Waals surface area contributed by atoms with Crippen LogP contribution < -0.4 is 10.6 Å². The lowest BCUT2D eigenvalue weighted by Crippen LogP contribution is -2.47. The van der Waals surface area contributed by atoms with E-state index in [0.717, 1.165) is 43.4 Å². The molecule has 1 aliphatic carbocycles. The van der Waals surface area contributed by atoms with Crippen molar-refractivity contribution in [1.29, 1.82) is 0 Å². The second kappa shape index (κ2) is 9.69. The molecule has 2 heterocycles. The Morgan fingerprint density at radius 2 is 1.79 bits per heavy atom. The van der Waals surface area contributed by atoms with Crippen LogP contribution in [0.1, 0.15) is 55.5 Å². The summed E-state index contributed by atoms with van der Waals surface area (Å²) in [5.41, 5.74) is 2.79. The van der Waals surface area contributed by atoms with Crippen molar-refractivity contribution in [2.75, 3.05) is 17.2 Å². The monoisotopic (exact) mass is 497 g/mol. The van der Waals surface area contributed by atoms with Crippen molar-refractivity contribution >= 4 is 21.4 Å². The third-order valence-electron chi connectivity index (χ3n) is 6.94. The SMILES string of the molecule is Cc1cccc2c1CN(S(=O)(=O)C(F)(F)F)CC(CCC1CCCC1)N2Cc1ncc(N)cn1. The number of nitrogen functional groups attached to an aromatic ring is 1.